The lowest BCUT2D eigenvalue weighted by Gasteiger charge is -2.31. The zero-order chi connectivity index (χ0) is 24.5. The van der Waals surface area contributed by atoms with Gasteiger partial charge in [0.25, 0.3) is 5.91 Å². The van der Waals surface area contributed by atoms with Gasteiger partial charge in [0, 0.05) is 44.0 Å². The lowest BCUT2D eigenvalue weighted by Crippen LogP contribution is -2.45. The minimum absolute atomic E-state index is 0.0158. The van der Waals surface area contributed by atoms with Crippen LogP contribution in [0.1, 0.15) is 35.7 Å². The van der Waals surface area contributed by atoms with Crippen molar-refractivity contribution in [3.8, 4) is 5.75 Å². The molecule has 2 aliphatic heterocycles. The van der Waals surface area contributed by atoms with Crippen LogP contribution in [0.15, 0.2) is 53.5 Å². The van der Waals surface area contributed by atoms with E-state index in [1.165, 1.54) is 0 Å². The molecule has 2 aromatic rings. The molecule has 1 saturated heterocycles. The van der Waals surface area contributed by atoms with Crippen LogP contribution in [0.5, 0.6) is 5.75 Å². The molecule has 4 N–H and O–H groups in total. The second-order valence-corrected chi connectivity index (χ2v) is 8.76. The fraction of sp³-hybridized carbons (Fsp3) is 0.423. The number of urea groups is 1. The smallest absolute Gasteiger partial charge is 0.317 e. The van der Waals surface area contributed by atoms with Gasteiger partial charge in [-0.05, 0) is 67.6 Å². The number of likely N-dealkylation sites (tertiary alicyclic amines) is 1. The number of ether oxygens (including phenoxy) is 1. The Balaban J connectivity index is 1.17. The van der Waals surface area contributed by atoms with Crippen molar-refractivity contribution >= 4 is 23.6 Å². The third-order valence-corrected chi connectivity index (χ3v) is 6.18. The van der Waals surface area contributed by atoms with Gasteiger partial charge in [-0.15, -0.1) is 0 Å². The Kier molecular flexibility index (Phi) is 8.43. The highest BCUT2D eigenvalue weighted by molar-refractivity contribution is 5.95. The summed E-state index contributed by atoms with van der Waals surface area (Å²) in [4.78, 5) is 30.6. The van der Waals surface area contributed by atoms with Gasteiger partial charge in [-0.3, -0.25) is 9.79 Å². The quantitative estimate of drug-likeness (QED) is 0.467. The molecule has 0 radical (unpaired) electrons. The van der Waals surface area contributed by atoms with Gasteiger partial charge in [-0.25, -0.2) is 4.79 Å². The molecule has 9 heteroatoms. The maximum atomic E-state index is 12.5. The Morgan fingerprint density at radius 1 is 1.06 bits per heavy atom. The van der Waals surface area contributed by atoms with Gasteiger partial charge in [-0.1, -0.05) is 12.1 Å². The summed E-state index contributed by atoms with van der Waals surface area (Å²) in [7, 11) is 0. The average Bonchev–Trinajstić information content (AvgIpc) is 3.41. The molecule has 9 nitrogen and oxygen atoms in total. The molecule has 2 aliphatic rings. The minimum atomic E-state index is -0.124. The molecule has 4 rings (SSSR count). The molecule has 1 fully saturated rings. The number of anilines is 1. The van der Waals surface area contributed by atoms with Gasteiger partial charge in [0.1, 0.15) is 5.75 Å². The standard InChI is InChI=1S/C26H34N6O3/c1-2-27-26(34)32-15-11-20(12-16-32)18-35-23-9-5-21(6-10-23)24(33)30-17-19-3-7-22(8-4-19)31-25-28-13-14-29-25/h3-10,20H,2,11-18H2,1H3,(H,27,34)(H,30,33)(H2,28,29,31). The van der Waals surface area contributed by atoms with E-state index in [0.29, 0.717) is 31.2 Å². The van der Waals surface area contributed by atoms with Crippen LogP contribution < -0.4 is 26.0 Å². The number of benzene rings is 2. The number of nitrogens with zero attached hydrogens (tertiary/aromatic N) is 2. The maximum absolute atomic E-state index is 12.5. The molecule has 0 unspecified atom stereocenters. The molecule has 0 spiro atoms. The molecular weight excluding hydrogens is 444 g/mol. The number of hydrogen-bond acceptors (Lipinski definition) is 6. The minimum Gasteiger partial charge on any atom is -0.493 e. The summed E-state index contributed by atoms with van der Waals surface area (Å²) in [5.41, 5.74) is 2.57. The summed E-state index contributed by atoms with van der Waals surface area (Å²) in [5, 5.41) is 12.2. The molecule has 3 amide bonds. The molecule has 186 valence electrons. The third kappa shape index (κ3) is 7.11. The van der Waals surface area contributed by atoms with Crippen LogP contribution >= 0.6 is 0 Å². The van der Waals surface area contributed by atoms with Crippen LogP contribution in [-0.4, -0.2) is 62.1 Å². The highest BCUT2D eigenvalue weighted by Crippen LogP contribution is 2.20. The van der Waals surface area contributed by atoms with E-state index in [-0.39, 0.29) is 11.9 Å². The molecule has 2 aromatic carbocycles. The highest BCUT2D eigenvalue weighted by atomic mass is 16.5. The second-order valence-electron chi connectivity index (χ2n) is 8.76. The summed E-state index contributed by atoms with van der Waals surface area (Å²) in [5.74, 6) is 1.84. The predicted molar refractivity (Wildman–Crippen MR) is 137 cm³/mol. The molecule has 0 aromatic heterocycles. The van der Waals surface area contributed by atoms with Crippen LogP contribution in [-0.2, 0) is 6.54 Å². The van der Waals surface area contributed by atoms with Crippen LogP contribution in [0, 0.1) is 5.92 Å². The molecule has 0 aliphatic carbocycles. The second kappa shape index (κ2) is 12.1. The number of aliphatic imine (C=N–C) groups is 1. The van der Waals surface area contributed by atoms with E-state index in [1.54, 1.807) is 12.1 Å². The molecule has 2 heterocycles. The fourth-order valence-corrected chi connectivity index (χ4v) is 4.09. The van der Waals surface area contributed by atoms with Crippen LogP contribution in [0.4, 0.5) is 10.5 Å². The molecule has 35 heavy (non-hydrogen) atoms. The highest BCUT2D eigenvalue weighted by Gasteiger charge is 2.22. The Bertz CT molecular complexity index is 1010. The molecule has 0 bridgehead atoms. The van der Waals surface area contributed by atoms with Crippen molar-refractivity contribution in [2.75, 3.05) is 44.6 Å². The normalized spacial score (nSPS) is 15.7. The first kappa shape index (κ1) is 24.4. The first-order valence-corrected chi connectivity index (χ1v) is 12.3. The average molecular weight is 479 g/mol. The summed E-state index contributed by atoms with van der Waals surface area (Å²) < 4.78 is 5.94. The van der Waals surface area contributed by atoms with Crippen LogP contribution in [0.25, 0.3) is 0 Å². The Hall–Kier alpha value is -3.75. The van der Waals surface area contributed by atoms with E-state index < -0.39 is 0 Å². The number of carbonyl (C=O) groups excluding carboxylic acids is 2. The number of nitrogens with one attached hydrogen (secondary N) is 4. The van der Waals surface area contributed by atoms with Crippen LogP contribution in [0.3, 0.4) is 0 Å². The zero-order valence-corrected chi connectivity index (χ0v) is 20.2. The maximum Gasteiger partial charge on any atom is 0.317 e. The van der Waals surface area contributed by atoms with Crippen LogP contribution in [0.2, 0.25) is 0 Å². The summed E-state index contributed by atoms with van der Waals surface area (Å²) >= 11 is 0. The number of hydrogen-bond donors (Lipinski definition) is 4. The van der Waals surface area contributed by atoms with Gasteiger partial charge in [-0.2, -0.15) is 0 Å². The lowest BCUT2D eigenvalue weighted by molar-refractivity contribution is 0.0950. The number of piperidine rings is 1. The van der Waals surface area contributed by atoms with Crippen molar-refractivity contribution in [2.45, 2.75) is 26.3 Å². The van der Waals surface area contributed by atoms with E-state index in [2.05, 4.69) is 26.3 Å². The summed E-state index contributed by atoms with van der Waals surface area (Å²) in [6.45, 7) is 6.80. The zero-order valence-electron chi connectivity index (χ0n) is 20.2. The van der Waals surface area contributed by atoms with Crippen molar-refractivity contribution < 1.29 is 14.3 Å². The number of carbonyl (C=O) groups is 2. The van der Waals surface area contributed by atoms with Gasteiger partial charge in [0.2, 0.25) is 0 Å². The summed E-state index contributed by atoms with van der Waals surface area (Å²) in [6.07, 6.45) is 1.86. The largest absolute Gasteiger partial charge is 0.493 e. The Morgan fingerprint density at radius 3 is 2.46 bits per heavy atom. The van der Waals surface area contributed by atoms with E-state index in [1.807, 2.05) is 48.2 Å². The van der Waals surface area contributed by atoms with Gasteiger partial charge in [0.05, 0.1) is 13.2 Å². The first-order chi connectivity index (χ1) is 17.1. The SMILES string of the molecule is CCNC(=O)N1CCC(COc2ccc(C(=O)NCc3ccc(NC4=NCCN4)cc3)cc2)CC1. The number of rotatable bonds is 8. The van der Waals surface area contributed by atoms with Crippen molar-refractivity contribution in [3.63, 3.8) is 0 Å². The first-order valence-electron chi connectivity index (χ1n) is 12.3. The van der Waals surface area contributed by atoms with Crippen molar-refractivity contribution in [1.82, 2.24) is 20.9 Å². The Morgan fingerprint density at radius 2 is 1.80 bits per heavy atom. The number of amides is 3. The van der Waals surface area contributed by atoms with Crippen molar-refractivity contribution in [1.29, 1.82) is 0 Å². The molecule has 0 saturated carbocycles. The van der Waals surface area contributed by atoms with Gasteiger partial charge < -0.3 is 30.9 Å². The third-order valence-electron chi connectivity index (χ3n) is 6.18. The summed E-state index contributed by atoms with van der Waals surface area (Å²) in [6, 6.07) is 15.2. The lowest BCUT2D eigenvalue weighted by atomic mass is 9.98. The van der Waals surface area contributed by atoms with E-state index in [4.69, 9.17) is 4.74 Å². The van der Waals surface area contributed by atoms with Gasteiger partial charge >= 0.3 is 6.03 Å². The topological polar surface area (TPSA) is 107 Å². The molecule has 0 atom stereocenters. The van der Waals surface area contributed by atoms with E-state index in [9.17, 15) is 9.59 Å². The molecular formula is C26H34N6O3. The van der Waals surface area contributed by atoms with Crippen molar-refractivity contribution in [2.24, 2.45) is 10.9 Å². The monoisotopic (exact) mass is 478 g/mol. The van der Waals surface area contributed by atoms with Gasteiger partial charge in [0.15, 0.2) is 5.96 Å². The van der Waals surface area contributed by atoms with E-state index >= 15 is 0 Å². The van der Waals surface area contributed by atoms with Crippen molar-refractivity contribution in [3.05, 3.63) is 59.7 Å². The fourth-order valence-electron chi connectivity index (χ4n) is 4.09. The Labute approximate surface area is 206 Å². The number of guanidine groups is 1. The predicted octanol–water partition coefficient (Wildman–Crippen LogP) is 2.81. The van der Waals surface area contributed by atoms with E-state index in [0.717, 1.165) is 62.0 Å².